The van der Waals surface area contributed by atoms with Crippen molar-refractivity contribution in [2.45, 2.75) is 19.4 Å². The minimum absolute atomic E-state index is 0.119. The second-order valence-electron chi connectivity index (χ2n) is 4.91. The Hall–Kier alpha value is -2.01. The van der Waals surface area contributed by atoms with Crippen LogP contribution in [0.4, 0.5) is 13.2 Å². The van der Waals surface area contributed by atoms with Gasteiger partial charge in [0, 0.05) is 23.7 Å². The molecule has 2 rings (SSSR count). The number of nitrogens with one attached hydrogen (secondary N) is 1. The molecule has 0 aliphatic heterocycles. The molecule has 112 valence electrons. The molecule has 0 saturated heterocycles. The molecule has 1 atom stereocenters. The Labute approximate surface area is 121 Å². The molecule has 1 unspecified atom stereocenters. The minimum Gasteiger partial charge on any atom is -0.508 e. The molecule has 0 aromatic heterocycles. The summed E-state index contributed by atoms with van der Waals surface area (Å²) in [5, 5.41) is 12.8. The highest BCUT2D eigenvalue weighted by atomic mass is 19.1. The van der Waals surface area contributed by atoms with Gasteiger partial charge in [0.15, 0.2) is 0 Å². The number of phenols is 1. The van der Waals surface area contributed by atoms with E-state index < -0.39 is 17.5 Å². The predicted octanol–water partition coefficient (Wildman–Crippen LogP) is 3.70. The van der Waals surface area contributed by atoms with Crippen molar-refractivity contribution in [3.05, 3.63) is 65.0 Å². The number of halogens is 3. The largest absolute Gasteiger partial charge is 0.508 e. The minimum atomic E-state index is -0.603. The first-order valence-corrected chi connectivity index (χ1v) is 6.62. The van der Waals surface area contributed by atoms with Crippen LogP contribution in [0, 0.1) is 17.5 Å². The third-order valence-electron chi connectivity index (χ3n) is 3.25. The van der Waals surface area contributed by atoms with Gasteiger partial charge in [0.05, 0.1) is 0 Å². The summed E-state index contributed by atoms with van der Waals surface area (Å²) in [6.07, 6.45) is 0.445. The molecule has 2 aromatic carbocycles. The SMILES string of the molecule is CC(NCCc1cc(F)cc(F)c1)c1ccc(F)cc1O. The first kappa shape index (κ1) is 15.4. The molecular weight excluding hydrogens is 279 g/mol. The number of rotatable bonds is 5. The van der Waals surface area contributed by atoms with Gasteiger partial charge < -0.3 is 10.4 Å². The van der Waals surface area contributed by atoms with Gasteiger partial charge in [0.25, 0.3) is 0 Å². The van der Waals surface area contributed by atoms with E-state index in [1.54, 1.807) is 0 Å². The average Bonchev–Trinajstić information content (AvgIpc) is 2.37. The van der Waals surface area contributed by atoms with Gasteiger partial charge in [-0.05, 0) is 43.7 Å². The lowest BCUT2D eigenvalue weighted by Gasteiger charge is -2.15. The molecule has 2 nitrogen and oxygen atoms in total. The predicted molar refractivity (Wildman–Crippen MR) is 74.5 cm³/mol. The fourth-order valence-corrected chi connectivity index (χ4v) is 2.18. The van der Waals surface area contributed by atoms with Crippen LogP contribution in [0.15, 0.2) is 36.4 Å². The number of hydrogen-bond donors (Lipinski definition) is 2. The molecule has 21 heavy (non-hydrogen) atoms. The first-order valence-electron chi connectivity index (χ1n) is 6.62. The van der Waals surface area contributed by atoms with Gasteiger partial charge in [-0.15, -0.1) is 0 Å². The van der Waals surface area contributed by atoms with Crippen LogP contribution < -0.4 is 5.32 Å². The number of hydrogen-bond acceptors (Lipinski definition) is 2. The van der Waals surface area contributed by atoms with Crippen molar-refractivity contribution in [2.24, 2.45) is 0 Å². The Kier molecular flexibility index (Phi) is 4.85. The van der Waals surface area contributed by atoms with Crippen molar-refractivity contribution in [1.82, 2.24) is 5.32 Å². The molecule has 0 bridgehead atoms. The fraction of sp³-hybridized carbons (Fsp3) is 0.250. The summed E-state index contributed by atoms with van der Waals surface area (Å²) in [5.41, 5.74) is 1.12. The summed E-state index contributed by atoms with van der Waals surface area (Å²) in [7, 11) is 0. The Morgan fingerprint density at radius 1 is 1.00 bits per heavy atom. The van der Waals surface area contributed by atoms with E-state index in [4.69, 9.17) is 0 Å². The standard InChI is InChI=1S/C16H16F3NO/c1-10(15-3-2-12(17)9-16(15)21)20-5-4-11-6-13(18)8-14(19)7-11/h2-3,6-10,20-21H,4-5H2,1H3. The second kappa shape index (κ2) is 6.63. The number of aromatic hydroxyl groups is 1. The number of phenolic OH excluding ortho intramolecular Hbond substituents is 1. The third kappa shape index (κ3) is 4.23. The van der Waals surface area contributed by atoms with Crippen LogP contribution in [0.1, 0.15) is 24.1 Å². The lowest BCUT2D eigenvalue weighted by atomic mass is 10.1. The van der Waals surface area contributed by atoms with Crippen molar-refractivity contribution in [3.8, 4) is 5.75 Å². The van der Waals surface area contributed by atoms with E-state index >= 15 is 0 Å². The van der Waals surface area contributed by atoms with E-state index in [1.807, 2.05) is 6.92 Å². The topological polar surface area (TPSA) is 32.3 Å². The van der Waals surface area contributed by atoms with Gasteiger partial charge in [-0.3, -0.25) is 0 Å². The molecule has 0 heterocycles. The van der Waals surface area contributed by atoms with Crippen molar-refractivity contribution in [1.29, 1.82) is 0 Å². The summed E-state index contributed by atoms with van der Waals surface area (Å²) in [5.74, 6) is -1.83. The molecule has 0 spiro atoms. The zero-order chi connectivity index (χ0) is 15.4. The van der Waals surface area contributed by atoms with Crippen LogP contribution in [0.5, 0.6) is 5.75 Å². The smallest absolute Gasteiger partial charge is 0.126 e. The normalized spacial score (nSPS) is 12.4. The van der Waals surface area contributed by atoms with Crippen LogP contribution in [0.3, 0.4) is 0 Å². The Bertz CT molecular complexity index is 611. The maximum atomic E-state index is 13.0. The molecule has 2 N–H and O–H groups in total. The van der Waals surface area contributed by atoms with Crippen LogP contribution in [-0.4, -0.2) is 11.7 Å². The fourth-order valence-electron chi connectivity index (χ4n) is 2.18. The maximum absolute atomic E-state index is 13.0. The highest BCUT2D eigenvalue weighted by Crippen LogP contribution is 2.24. The molecule has 0 aliphatic rings. The zero-order valence-electron chi connectivity index (χ0n) is 11.5. The van der Waals surface area contributed by atoms with Crippen LogP contribution in [0.25, 0.3) is 0 Å². The van der Waals surface area contributed by atoms with E-state index in [2.05, 4.69) is 5.32 Å². The zero-order valence-corrected chi connectivity index (χ0v) is 11.5. The molecule has 0 radical (unpaired) electrons. The van der Waals surface area contributed by atoms with Crippen LogP contribution >= 0.6 is 0 Å². The summed E-state index contributed by atoms with van der Waals surface area (Å²) < 4.78 is 39.0. The molecule has 5 heteroatoms. The van der Waals surface area contributed by atoms with Crippen molar-refractivity contribution in [2.75, 3.05) is 6.54 Å². The van der Waals surface area contributed by atoms with Gasteiger partial charge in [-0.2, -0.15) is 0 Å². The molecular formula is C16H16F3NO. The van der Waals surface area contributed by atoms with E-state index in [0.717, 1.165) is 12.1 Å². The molecule has 0 fully saturated rings. The summed E-state index contributed by atoms with van der Waals surface area (Å²) in [6.45, 7) is 2.29. The molecule has 0 aliphatic carbocycles. The third-order valence-corrected chi connectivity index (χ3v) is 3.25. The van der Waals surface area contributed by atoms with Gasteiger partial charge in [0.2, 0.25) is 0 Å². The van der Waals surface area contributed by atoms with Crippen LogP contribution in [-0.2, 0) is 6.42 Å². The van der Waals surface area contributed by atoms with E-state index in [9.17, 15) is 18.3 Å². The molecule has 2 aromatic rings. The summed E-state index contributed by atoms with van der Waals surface area (Å²) in [6, 6.07) is 7.02. The van der Waals surface area contributed by atoms with Crippen LogP contribution in [0.2, 0.25) is 0 Å². The Morgan fingerprint density at radius 2 is 1.67 bits per heavy atom. The Balaban J connectivity index is 1.93. The number of benzene rings is 2. The van der Waals surface area contributed by atoms with Gasteiger partial charge in [-0.1, -0.05) is 6.07 Å². The Morgan fingerprint density at radius 3 is 2.29 bits per heavy atom. The quantitative estimate of drug-likeness (QED) is 0.881. The summed E-state index contributed by atoms with van der Waals surface area (Å²) >= 11 is 0. The average molecular weight is 295 g/mol. The molecule has 0 saturated carbocycles. The highest BCUT2D eigenvalue weighted by Gasteiger charge is 2.10. The van der Waals surface area contributed by atoms with Gasteiger partial charge in [-0.25, -0.2) is 13.2 Å². The van der Waals surface area contributed by atoms with Crippen molar-refractivity contribution >= 4 is 0 Å². The van der Waals surface area contributed by atoms with Crippen molar-refractivity contribution < 1.29 is 18.3 Å². The maximum Gasteiger partial charge on any atom is 0.126 e. The lowest BCUT2D eigenvalue weighted by Crippen LogP contribution is -2.21. The molecule has 0 amide bonds. The highest BCUT2D eigenvalue weighted by molar-refractivity contribution is 5.34. The summed E-state index contributed by atoms with van der Waals surface area (Å²) in [4.78, 5) is 0. The second-order valence-corrected chi connectivity index (χ2v) is 4.91. The van der Waals surface area contributed by atoms with Gasteiger partial charge >= 0.3 is 0 Å². The van der Waals surface area contributed by atoms with E-state index in [-0.39, 0.29) is 11.8 Å². The van der Waals surface area contributed by atoms with Gasteiger partial charge in [0.1, 0.15) is 23.2 Å². The van der Waals surface area contributed by atoms with E-state index in [1.165, 1.54) is 24.3 Å². The van der Waals surface area contributed by atoms with E-state index in [0.29, 0.717) is 24.1 Å². The monoisotopic (exact) mass is 295 g/mol. The first-order chi connectivity index (χ1) is 9.95. The lowest BCUT2D eigenvalue weighted by molar-refractivity contribution is 0.447. The van der Waals surface area contributed by atoms with Crippen molar-refractivity contribution in [3.63, 3.8) is 0 Å².